The molecule has 1 saturated heterocycles. The Hall–Kier alpha value is -2.50. The van der Waals surface area contributed by atoms with Gasteiger partial charge in [-0.05, 0) is 42.9 Å². The predicted octanol–water partition coefficient (Wildman–Crippen LogP) is 4.90. The third-order valence-electron chi connectivity index (χ3n) is 7.72. The van der Waals surface area contributed by atoms with Crippen LogP contribution in [0.2, 0.25) is 0 Å². The van der Waals surface area contributed by atoms with Gasteiger partial charge in [0.1, 0.15) is 11.7 Å². The molecule has 170 valence electrons. The van der Waals surface area contributed by atoms with E-state index in [4.69, 9.17) is 14.2 Å². The van der Waals surface area contributed by atoms with Crippen LogP contribution in [0.15, 0.2) is 91.0 Å². The lowest BCUT2D eigenvalue weighted by molar-refractivity contribution is -0.171. The molecule has 3 aliphatic rings. The molecule has 3 fully saturated rings. The summed E-state index contributed by atoms with van der Waals surface area (Å²) in [5, 5.41) is 10.9. The van der Waals surface area contributed by atoms with Gasteiger partial charge < -0.3 is 19.3 Å². The van der Waals surface area contributed by atoms with Gasteiger partial charge in [-0.15, -0.1) is 0 Å². The maximum atomic E-state index is 10.9. The van der Waals surface area contributed by atoms with E-state index in [1.807, 2.05) is 32.0 Å². The van der Waals surface area contributed by atoms with Crippen LogP contribution >= 0.6 is 0 Å². The predicted molar refractivity (Wildman–Crippen MR) is 126 cm³/mol. The average molecular weight is 443 g/mol. The zero-order chi connectivity index (χ0) is 22.7. The van der Waals surface area contributed by atoms with Gasteiger partial charge in [-0.25, -0.2) is 0 Å². The van der Waals surface area contributed by atoms with Crippen LogP contribution < -0.4 is 0 Å². The van der Waals surface area contributed by atoms with E-state index in [-0.39, 0.29) is 23.5 Å². The minimum Gasteiger partial charge on any atom is -0.390 e. The standard InChI is InChI=1S/C29H30O4/c1-27(2)32-25-24(30)23-18-28(23,26(25)33-27)19-31-29(20-12-6-3-7-13-20,21-14-8-4-9-15-21)22-16-10-5-11-17-22/h3-17,23-26,30H,18-19H2,1-2H3/t23-,24+,25+,26+,28+/m1/s1. The third-order valence-corrected chi connectivity index (χ3v) is 7.72. The van der Waals surface area contributed by atoms with Crippen molar-refractivity contribution in [2.24, 2.45) is 11.3 Å². The van der Waals surface area contributed by atoms with Crippen LogP contribution in [0.5, 0.6) is 0 Å². The normalized spacial score (nSPS) is 31.7. The van der Waals surface area contributed by atoms with Crippen molar-refractivity contribution in [1.82, 2.24) is 0 Å². The van der Waals surface area contributed by atoms with Gasteiger partial charge >= 0.3 is 0 Å². The lowest BCUT2D eigenvalue weighted by Crippen LogP contribution is -2.39. The van der Waals surface area contributed by atoms with Crippen molar-refractivity contribution in [3.63, 3.8) is 0 Å². The maximum Gasteiger partial charge on any atom is 0.163 e. The van der Waals surface area contributed by atoms with Crippen molar-refractivity contribution in [1.29, 1.82) is 0 Å². The number of ether oxygens (including phenoxy) is 3. The van der Waals surface area contributed by atoms with Gasteiger partial charge in [-0.3, -0.25) is 0 Å². The van der Waals surface area contributed by atoms with Gasteiger partial charge in [0.2, 0.25) is 0 Å². The second-order valence-electron chi connectivity index (χ2n) is 10.1. The lowest BCUT2D eigenvalue weighted by atomic mass is 9.80. The molecule has 33 heavy (non-hydrogen) atoms. The molecule has 0 amide bonds. The van der Waals surface area contributed by atoms with Crippen LogP contribution in [-0.4, -0.2) is 35.8 Å². The van der Waals surface area contributed by atoms with Crippen LogP contribution in [0.3, 0.4) is 0 Å². The molecule has 1 heterocycles. The van der Waals surface area contributed by atoms with Crippen LogP contribution in [0.25, 0.3) is 0 Å². The van der Waals surface area contributed by atoms with E-state index in [0.717, 1.165) is 23.1 Å². The number of rotatable bonds is 6. The van der Waals surface area contributed by atoms with E-state index in [2.05, 4.69) is 72.8 Å². The average Bonchev–Trinajstić information content (AvgIpc) is 3.43. The summed E-state index contributed by atoms with van der Waals surface area (Å²) in [5.41, 5.74) is 2.23. The molecule has 5 atom stereocenters. The highest BCUT2D eigenvalue weighted by molar-refractivity contribution is 5.47. The molecule has 6 rings (SSSR count). The number of hydrogen-bond acceptors (Lipinski definition) is 4. The molecule has 4 nitrogen and oxygen atoms in total. The Morgan fingerprint density at radius 2 is 1.30 bits per heavy atom. The minimum atomic E-state index is -0.774. The van der Waals surface area contributed by atoms with Gasteiger partial charge in [-0.2, -0.15) is 0 Å². The Morgan fingerprint density at radius 1 is 0.818 bits per heavy atom. The van der Waals surface area contributed by atoms with Gasteiger partial charge in [0, 0.05) is 5.41 Å². The summed E-state index contributed by atoms with van der Waals surface area (Å²) in [6.45, 7) is 4.33. The largest absolute Gasteiger partial charge is 0.390 e. The van der Waals surface area contributed by atoms with Crippen molar-refractivity contribution in [2.45, 2.75) is 50.0 Å². The van der Waals surface area contributed by atoms with E-state index in [1.54, 1.807) is 0 Å². The Morgan fingerprint density at radius 3 is 1.79 bits per heavy atom. The lowest BCUT2D eigenvalue weighted by Gasteiger charge is -2.38. The molecule has 3 aromatic rings. The number of benzene rings is 3. The first-order valence-electron chi connectivity index (χ1n) is 11.8. The van der Waals surface area contributed by atoms with Crippen LogP contribution in [0.1, 0.15) is 37.0 Å². The summed E-state index contributed by atoms with van der Waals surface area (Å²) in [6.07, 6.45) is -0.0714. The minimum absolute atomic E-state index is 0.142. The van der Waals surface area contributed by atoms with Crippen LogP contribution in [-0.2, 0) is 19.8 Å². The van der Waals surface area contributed by atoms with Crippen molar-refractivity contribution < 1.29 is 19.3 Å². The SMILES string of the molecule is CC1(C)O[C@H]2[C@@H](O)[C@H]3C[C@@]3(COC(c3ccccc3)(c3ccccc3)c3ccccc3)[C@H]2O1. The number of fused-ring (bicyclic) bond motifs is 3. The Bertz CT molecular complexity index is 1020. The molecule has 1 N–H and O–H groups in total. The fraction of sp³-hybridized carbons (Fsp3) is 0.379. The number of aliphatic hydroxyl groups excluding tert-OH is 1. The van der Waals surface area contributed by atoms with Gasteiger partial charge in [0.05, 0.1) is 18.8 Å². The zero-order valence-electron chi connectivity index (χ0n) is 19.1. The quantitative estimate of drug-likeness (QED) is 0.552. The second-order valence-corrected chi connectivity index (χ2v) is 10.1. The molecule has 3 aromatic carbocycles. The highest BCUT2D eigenvalue weighted by atomic mass is 16.8. The van der Waals surface area contributed by atoms with Crippen LogP contribution in [0, 0.1) is 11.3 Å². The summed E-state index contributed by atoms with van der Waals surface area (Å²) >= 11 is 0. The molecule has 0 radical (unpaired) electrons. The molecule has 0 unspecified atom stereocenters. The molecule has 0 aromatic heterocycles. The summed E-state index contributed by atoms with van der Waals surface area (Å²) in [7, 11) is 0. The van der Waals surface area contributed by atoms with Gasteiger partial charge in [0.15, 0.2) is 5.79 Å². The first kappa shape index (κ1) is 21.1. The fourth-order valence-corrected chi connectivity index (χ4v) is 6.11. The highest BCUT2D eigenvalue weighted by Crippen LogP contribution is 2.68. The second kappa shape index (κ2) is 7.51. The molecule has 1 aliphatic heterocycles. The number of hydrogen-bond donors (Lipinski definition) is 1. The van der Waals surface area contributed by atoms with Crippen molar-refractivity contribution >= 4 is 0 Å². The van der Waals surface area contributed by atoms with E-state index >= 15 is 0 Å². The zero-order valence-corrected chi connectivity index (χ0v) is 19.1. The molecular formula is C29H30O4. The smallest absolute Gasteiger partial charge is 0.163 e. The van der Waals surface area contributed by atoms with E-state index in [1.165, 1.54) is 0 Å². The molecule has 2 aliphatic carbocycles. The van der Waals surface area contributed by atoms with Gasteiger partial charge in [-0.1, -0.05) is 91.0 Å². The first-order valence-corrected chi connectivity index (χ1v) is 11.8. The summed E-state index contributed by atoms with van der Waals surface area (Å²) in [4.78, 5) is 0. The topological polar surface area (TPSA) is 47.9 Å². The molecule has 0 bridgehead atoms. The van der Waals surface area contributed by atoms with E-state index in [9.17, 15) is 5.11 Å². The molecular weight excluding hydrogens is 412 g/mol. The fourth-order valence-electron chi connectivity index (χ4n) is 6.11. The first-order chi connectivity index (χ1) is 16.0. The van der Waals surface area contributed by atoms with Crippen molar-refractivity contribution in [3.05, 3.63) is 108 Å². The van der Waals surface area contributed by atoms with E-state index in [0.29, 0.717) is 6.61 Å². The Labute approximate surface area is 195 Å². The summed E-state index contributed by atoms with van der Waals surface area (Å²) in [6, 6.07) is 31.2. The monoisotopic (exact) mass is 442 g/mol. The van der Waals surface area contributed by atoms with Crippen LogP contribution in [0.4, 0.5) is 0 Å². The summed E-state index contributed by atoms with van der Waals surface area (Å²) in [5.74, 6) is -0.546. The molecule has 2 saturated carbocycles. The van der Waals surface area contributed by atoms with Crippen molar-refractivity contribution in [3.8, 4) is 0 Å². The maximum absolute atomic E-state index is 10.9. The van der Waals surface area contributed by atoms with Gasteiger partial charge in [0.25, 0.3) is 0 Å². The van der Waals surface area contributed by atoms with E-state index < -0.39 is 17.5 Å². The summed E-state index contributed by atoms with van der Waals surface area (Å²) < 4.78 is 19.5. The molecule has 4 heteroatoms. The Balaban J connectivity index is 1.44. The number of aliphatic hydroxyl groups is 1. The Kier molecular flexibility index (Phi) is 4.79. The molecule has 0 spiro atoms. The third kappa shape index (κ3) is 3.20. The van der Waals surface area contributed by atoms with Crippen molar-refractivity contribution in [2.75, 3.05) is 6.61 Å². The highest BCUT2D eigenvalue weighted by Gasteiger charge is 2.75.